The Kier molecular flexibility index (Phi) is 4.53. The molecule has 0 bridgehead atoms. The van der Waals surface area contributed by atoms with Gasteiger partial charge in [0.15, 0.2) is 0 Å². The van der Waals surface area contributed by atoms with Crippen LogP contribution in [0.25, 0.3) is 22.3 Å². The van der Waals surface area contributed by atoms with E-state index in [9.17, 15) is 0 Å². The number of halogens is 1. The van der Waals surface area contributed by atoms with E-state index in [2.05, 4.69) is 72.8 Å². The maximum absolute atomic E-state index is 2.24. The van der Waals surface area contributed by atoms with Crippen LogP contribution in [0.4, 0.5) is 0 Å². The minimum atomic E-state index is 0. The highest BCUT2D eigenvalue weighted by Crippen LogP contribution is 2.25. The van der Waals surface area contributed by atoms with Gasteiger partial charge in [-0.15, -0.1) is 17.0 Å². The van der Waals surface area contributed by atoms with Gasteiger partial charge in [0.25, 0.3) is 0 Å². The van der Waals surface area contributed by atoms with Crippen molar-refractivity contribution in [3.8, 4) is 22.3 Å². The maximum Gasteiger partial charge on any atom is -0.0178 e. The van der Waals surface area contributed by atoms with Crippen LogP contribution in [0.1, 0.15) is 0 Å². The van der Waals surface area contributed by atoms with Crippen molar-refractivity contribution in [3.05, 3.63) is 84.9 Å². The smallest absolute Gasteiger partial charge is 0.0178 e. The molecular formula is C18H15Br. The van der Waals surface area contributed by atoms with Crippen LogP contribution in [-0.2, 0) is 0 Å². The molecule has 3 rings (SSSR count). The van der Waals surface area contributed by atoms with Gasteiger partial charge in [-0.3, -0.25) is 0 Å². The van der Waals surface area contributed by atoms with Crippen molar-refractivity contribution in [2.24, 2.45) is 0 Å². The largest absolute Gasteiger partial charge is 0.114 e. The van der Waals surface area contributed by atoms with Gasteiger partial charge in [0.05, 0.1) is 0 Å². The Balaban J connectivity index is 0.00000133. The molecule has 0 radical (unpaired) electrons. The Morgan fingerprint density at radius 3 is 1.16 bits per heavy atom. The highest BCUT2D eigenvalue weighted by atomic mass is 79.9. The van der Waals surface area contributed by atoms with E-state index in [1.54, 1.807) is 0 Å². The number of benzene rings is 3. The lowest BCUT2D eigenvalue weighted by Gasteiger charge is -2.05. The van der Waals surface area contributed by atoms with Crippen molar-refractivity contribution in [1.29, 1.82) is 0 Å². The molecule has 0 heterocycles. The first kappa shape index (κ1) is 13.6. The standard InChI is InChI=1S/C18H14.BrH/c1-3-8-15(9-4-1)17-12-7-13-18(14-17)16-10-5-2-6-11-16;/h1-14H;1H. The average Bonchev–Trinajstić information content (AvgIpc) is 2.49. The molecule has 0 amide bonds. The fourth-order valence-corrected chi connectivity index (χ4v) is 2.14. The van der Waals surface area contributed by atoms with E-state index in [-0.39, 0.29) is 17.0 Å². The fraction of sp³-hybridized carbons (Fsp3) is 0. The molecule has 3 aromatic rings. The lowest BCUT2D eigenvalue weighted by atomic mass is 9.99. The molecule has 0 unspecified atom stereocenters. The molecule has 0 aliphatic carbocycles. The highest BCUT2D eigenvalue weighted by Gasteiger charge is 2.00. The van der Waals surface area contributed by atoms with Crippen LogP contribution in [0.5, 0.6) is 0 Å². The fourth-order valence-electron chi connectivity index (χ4n) is 2.14. The summed E-state index contributed by atoms with van der Waals surface area (Å²) in [4.78, 5) is 0. The minimum absolute atomic E-state index is 0. The lowest BCUT2D eigenvalue weighted by Crippen LogP contribution is -1.80. The molecule has 19 heavy (non-hydrogen) atoms. The van der Waals surface area contributed by atoms with Gasteiger partial charge >= 0.3 is 0 Å². The third-order valence-electron chi connectivity index (χ3n) is 3.08. The van der Waals surface area contributed by atoms with E-state index in [4.69, 9.17) is 0 Å². The van der Waals surface area contributed by atoms with Crippen LogP contribution >= 0.6 is 17.0 Å². The zero-order chi connectivity index (χ0) is 12.2. The maximum atomic E-state index is 2.24. The van der Waals surface area contributed by atoms with Crippen molar-refractivity contribution in [2.75, 3.05) is 0 Å². The molecular weight excluding hydrogens is 296 g/mol. The molecule has 0 saturated carbocycles. The summed E-state index contributed by atoms with van der Waals surface area (Å²) in [5.41, 5.74) is 5.04. The summed E-state index contributed by atoms with van der Waals surface area (Å²) in [5, 5.41) is 0. The summed E-state index contributed by atoms with van der Waals surface area (Å²) < 4.78 is 0. The molecule has 0 N–H and O–H groups in total. The predicted octanol–water partition coefficient (Wildman–Crippen LogP) is 5.60. The van der Waals surface area contributed by atoms with Gasteiger partial charge in [0.1, 0.15) is 0 Å². The van der Waals surface area contributed by atoms with Crippen LogP contribution in [-0.4, -0.2) is 0 Å². The molecule has 0 aliphatic rings. The van der Waals surface area contributed by atoms with E-state index in [1.165, 1.54) is 22.3 Å². The Morgan fingerprint density at radius 1 is 0.368 bits per heavy atom. The highest BCUT2D eigenvalue weighted by molar-refractivity contribution is 8.93. The second-order valence-electron chi connectivity index (χ2n) is 4.31. The van der Waals surface area contributed by atoms with E-state index in [0.29, 0.717) is 0 Å². The molecule has 0 fully saturated rings. The second-order valence-corrected chi connectivity index (χ2v) is 4.31. The van der Waals surface area contributed by atoms with E-state index >= 15 is 0 Å². The third kappa shape index (κ3) is 3.12. The minimum Gasteiger partial charge on any atom is -0.114 e. The Hall–Kier alpha value is -1.86. The van der Waals surface area contributed by atoms with Crippen molar-refractivity contribution < 1.29 is 0 Å². The zero-order valence-electron chi connectivity index (χ0n) is 10.5. The molecule has 0 atom stereocenters. The zero-order valence-corrected chi connectivity index (χ0v) is 12.2. The third-order valence-corrected chi connectivity index (χ3v) is 3.08. The summed E-state index contributed by atoms with van der Waals surface area (Å²) in [6, 6.07) is 29.6. The van der Waals surface area contributed by atoms with E-state index in [0.717, 1.165) is 0 Å². The van der Waals surface area contributed by atoms with Gasteiger partial charge < -0.3 is 0 Å². The quantitative estimate of drug-likeness (QED) is 0.578. The first-order valence-corrected chi connectivity index (χ1v) is 6.14. The van der Waals surface area contributed by atoms with Gasteiger partial charge in [0, 0.05) is 0 Å². The predicted molar refractivity (Wildman–Crippen MR) is 87.6 cm³/mol. The molecule has 3 aromatic carbocycles. The van der Waals surface area contributed by atoms with Crippen LogP contribution in [0.3, 0.4) is 0 Å². The number of hydrogen-bond donors (Lipinski definition) is 0. The Bertz CT molecular complexity index is 575. The van der Waals surface area contributed by atoms with E-state index < -0.39 is 0 Å². The average molecular weight is 311 g/mol. The van der Waals surface area contributed by atoms with Crippen molar-refractivity contribution in [2.45, 2.75) is 0 Å². The first-order valence-electron chi connectivity index (χ1n) is 6.14. The number of hydrogen-bond acceptors (Lipinski definition) is 0. The van der Waals surface area contributed by atoms with Crippen LogP contribution in [0.2, 0.25) is 0 Å². The first-order chi connectivity index (χ1) is 8.93. The van der Waals surface area contributed by atoms with E-state index in [1.807, 2.05) is 12.1 Å². The normalized spacial score (nSPS) is 9.68. The monoisotopic (exact) mass is 310 g/mol. The van der Waals surface area contributed by atoms with Crippen molar-refractivity contribution >= 4 is 17.0 Å². The second kappa shape index (κ2) is 6.35. The van der Waals surface area contributed by atoms with Gasteiger partial charge in [-0.2, -0.15) is 0 Å². The number of rotatable bonds is 2. The molecule has 0 spiro atoms. The summed E-state index contributed by atoms with van der Waals surface area (Å²) in [5.74, 6) is 0. The molecule has 0 aromatic heterocycles. The SMILES string of the molecule is Br.c1ccc(-c2cccc(-c3ccccc3)c2)cc1. The topological polar surface area (TPSA) is 0 Å². The summed E-state index contributed by atoms with van der Waals surface area (Å²) >= 11 is 0. The molecule has 94 valence electrons. The van der Waals surface area contributed by atoms with Gasteiger partial charge in [-0.25, -0.2) is 0 Å². The summed E-state index contributed by atoms with van der Waals surface area (Å²) in [6.07, 6.45) is 0. The molecule has 0 nitrogen and oxygen atoms in total. The van der Waals surface area contributed by atoms with Crippen LogP contribution in [0, 0.1) is 0 Å². The van der Waals surface area contributed by atoms with Crippen LogP contribution < -0.4 is 0 Å². The Labute approximate surface area is 124 Å². The summed E-state index contributed by atoms with van der Waals surface area (Å²) in [7, 11) is 0. The molecule has 0 saturated heterocycles. The van der Waals surface area contributed by atoms with Crippen LogP contribution in [0.15, 0.2) is 84.9 Å². The Morgan fingerprint density at radius 2 is 0.737 bits per heavy atom. The lowest BCUT2D eigenvalue weighted by molar-refractivity contribution is 1.59. The van der Waals surface area contributed by atoms with Crippen molar-refractivity contribution in [1.82, 2.24) is 0 Å². The van der Waals surface area contributed by atoms with Gasteiger partial charge in [-0.1, -0.05) is 78.9 Å². The molecule has 0 aliphatic heterocycles. The van der Waals surface area contributed by atoms with Gasteiger partial charge in [0.2, 0.25) is 0 Å². The van der Waals surface area contributed by atoms with Crippen molar-refractivity contribution in [3.63, 3.8) is 0 Å². The van der Waals surface area contributed by atoms with Gasteiger partial charge in [-0.05, 0) is 28.3 Å². The molecule has 1 heteroatoms. The summed E-state index contributed by atoms with van der Waals surface area (Å²) in [6.45, 7) is 0.